The fraction of sp³-hybridized carbons (Fsp3) is 0.121. The zero-order valence-electron chi connectivity index (χ0n) is 23.4. The number of pyridine rings is 1. The van der Waals surface area contributed by atoms with Crippen LogP contribution in [0.2, 0.25) is 0 Å². The van der Waals surface area contributed by atoms with Crippen LogP contribution in [0.5, 0.6) is 0 Å². The summed E-state index contributed by atoms with van der Waals surface area (Å²) in [6.07, 6.45) is 5.04. The maximum atomic E-state index is 14.0. The minimum Gasteiger partial charge on any atom is -0.330 e. The summed E-state index contributed by atoms with van der Waals surface area (Å²) in [5.74, 6) is 0.311. The number of aromatic nitrogens is 4. The molecule has 3 aromatic carbocycles. The smallest absolute Gasteiger partial charge is 0.328 e. The van der Waals surface area contributed by atoms with E-state index in [2.05, 4.69) is 19.9 Å². The molecule has 1 N–H and O–H groups in total. The van der Waals surface area contributed by atoms with Crippen LogP contribution in [0.15, 0.2) is 97.5 Å². The lowest BCUT2D eigenvalue weighted by Crippen LogP contribution is -2.26. The second-order valence-electron chi connectivity index (χ2n) is 10.2. The van der Waals surface area contributed by atoms with Gasteiger partial charge in [-0.05, 0) is 42.8 Å². The van der Waals surface area contributed by atoms with Crippen LogP contribution in [0, 0.1) is 6.92 Å². The molecule has 2 amide bonds. The van der Waals surface area contributed by atoms with E-state index in [-0.39, 0.29) is 17.7 Å². The number of fused-ring (bicyclic) bond motifs is 2. The molecule has 6 rings (SSSR count). The molecule has 0 bridgehead atoms. The van der Waals surface area contributed by atoms with E-state index in [0.29, 0.717) is 39.8 Å². The van der Waals surface area contributed by atoms with E-state index < -0.39 is 0 Å². The Morgan fingerprint density at radius 3 is 2.36 bits per heavy atom. The molecule has 0 radical (unpaired) electrons. The van der Waals surface area contributed by atoms with Gasteiger partial charge in [0.2, 0.25) is 0 Å². The Hall–Kier alpha value is -5.57. The number of carbonyl (C=O) groups excluding carboxylic acids is 3. The first kappa shape index (κ1) is 26.6. The summed E-state index contributed by atoms with van der Waals surface area (Å²) >= 11 is 0. The molecule has 0 saturated carbocycles. The summed E-state index contributed by atoms with van der Waals surface area (Å²) in [4.78, 5) is 50.3. The standard InChI is InChI=1S/C33H28N6O3/c1-21-35-27-18-34-17-16-28(27)38(21)19-22-12-14-23(15-13-22)31(40)25-20-39(33(42)37(2)3)29-11-7-10-26(30(25)29)36-32(41)24-8-5-4-6-9-24/h4-18,20H,19H2,1-3H3,(H,36,41). The third-order valence-electron chi connectivity index (χ3n) is 7.25. The molecule has 0 fully saturated rings. The number of rotatable bonds is 6. The highest BCUT2D eigenvalue weighted by Crippen LogP contribution is 2.32. The van der Waals surface area contributed by atoms with E-state index >= 15 is 0 Å². The normalized spacial score (nSPS) is 11.1. The van der Waals surface area contributed by atoms with Gasteiger partial charge in [0.05, 0.1) is 28.5 Å². The van der Waals surface area contributed by atoms with E-state index in [4.69, 9.17) is 0 Å². The number of benzene rings is 3. The van der Waals surface area contributed by atoms with Crippen LogP contribution >= 0.6 is 0 Å². The molecule has 3 heterocycles. The van der Waals surface area contributed by atoms with Crippen molar-refractivity contribution < 1.29 is 14.4 Å². The fourth-order valence-corrected chi connectivity index (χ4v) is 5.12. The van der Waals surface area contributed by atoms with Crippen LogP contribution in [0.1, 0.15) is 37.7 Å². The average Bonchev–Trinajstić information content (AvgIpc) is 3.55. The highest BCUT2D eigenvalue weighted by molar-refractivity contribution is 6.21. The highest BCUT2D eigenvalue weighted by atomic mass is 16.2. The van der Waals surface area contributed by atoms with Crippen molar-refractivity contribution in [3.05, 3.63) is 126 Å². The lowest BCUT2D eigenvalue weighted by molar-refractivity contribution is 0.102. The average molecular weight is 557 g/mol. The molecule has 0 saturated heterocycles. The van der Waals surface area contributed by atoms with Gasteiger partial charge < -0.3 is 14.8 Å². The summed E-state index contributed by atoms with van der Waals surface area (Å²) < 4.78 is 3.55. The zero-order chi connectivity index (χ0) is 29.4. The van der Waals surface area contributed by atoms with Gasteiger partial charge >= 0.3 is 6.03 Å². The summed E-state index contributed by atoms with van der Waals surface area (Å²) in [7, 11) is 3.30. The Kier molecular flexibility index (Phi) is 6.84. The largest absolute Gasteiger partial charge is 0.330 e. The van der Waals surface area contributed by atoms with Crippen LogP contribution in [0.25, 0.3) is 21.9 Å². The van der Waals surface area contributed by atoms with Gasteiger partial charge in [-0.15, -0.1) is 0 Å². The van der Waals surface area contributed by atoms with E-state index in [9.17, 15) is 14.4 Å². The third kappa shape index (κ3) is 4.81. The second kappa shape index (κ2) is 10.8. The van der Waals surface area contributed by atoms with Crippen LogP contribution in [-0.2, 0) is 6.54 Å². The van der Waals surface area contributed by atoms with Crippen molar-refractivity contribution in [1.82, 2.24) is 24.0 Å². The number of carbonyl (C=O) groups is 3. The first-order valence-electron chi connectivity index (χ1n) is 13.4. The first-order valence-corrected chi connectivity index (χ1v) is 13.4. The number of amides is 2. The number of anilines is 1. The molecule has 42 heavy (non-hydrogen) atoms. The molecule has 0 aliphatic rings. The van der Waals surface area contributed by atoms with Gasteiger partial charge in [0, 0.05) is 49.5 Å². The van der Waals surface area contributed by atoms with Gasteiger partial charge in [0.15, 0.2) is 5.78 Å². The summed E-state index contributed by atoms with van der Waals surface area (Å²) in [5, 5.41) is 3.44. The molecule has 6 aromatic rings. The number of nitrogens with zero attached hydrogens (tertiary/aromatic N) is 5. The SMILES string of the molecule is Cc1nc2cnccc2n1Cc1ccc(C(=O)c2cn(C(=O)N(C)C)c3cccc(NC(=O)c4ccccc4)c23)cc1. The van der Waals surface area contributed by atoms with E-state index in [0.717, 1.165) is 22.4 Å². The van der Waals surface area contributed by atoms with Gasteiger partial charge in [-0.3, -0.25) is 19.1 Å². The van der Waals surface area contributed by atoms with E-state index in [1.54, 1.807) is 87.3 Å². The van der Waals surface area contributed by atoms with Crippen molar-refractivity contribution in [3.63, 3.8) is 0 Å². The van der Waals surface area contributed by atoms with Crippen molar-refractivity contribution in [2.45, 2.75) is 13.5 Å². The molecular weight excluding hydrogens is 528 g/mol. The number of imidazole rings is 1. The Bertz CT molecular complexity index is 1970. The quantitative estimate of drug-likeness (QED) is 0.263. The number of nitrogens with one attached hydrogen (secondary N) is 1. The van der Waals surface area contributed by atoms with Crippen molar-refractivity contribution >= 4 is 45.3 Å². The minimum absolute atomic E-state index is 0.256. The topological polar surface area (TPSA) is 102 Å². The van der Waals surface area contributed by atoms with Crippen molar-refractivity contribution in [2.24, 2.45) is 0 Å². The number of hydrogen-bond donors (Lipinski definition) is 1. The maximum absolute atomic E-state index is 14.0. The van der Waals surface area contributed by atoms with E-state index in [1.807, 2.05) is 31.2 Å². The maximum Gasteiger partial charge on any atom is 0.328 e. The number of ketones is 1. The molecule has 208 valence electrons. The van der Waals surface area contributed by atoms with Crippen molar-refractivity contribution in [1.29, 1.82) is 0 Å². The predicted molar refractivity (Wildman–Crippen MR) is 162 cm³/mol. The number of aryl methyl sites for hydroxylation is 1. The summed E-state index contributed by atoms with van der Waals surface area (Å²) in [5.41, 5.74) is 5.08. The van der Waals surface area contributed by atoms with Crippen LogP contribution in [0.3, 0.4) is 0 Å². The Labute approximate surface area is 242 Å². The van der Waals surface area contributed by atoms with Crippen molar-refractivity contribution in [2.75, 3.05) is 19.4 Å². The monoisotopic (exact) mass is 556 g/mol. The van der Waals surface area contributed by atoms with Gasteiger partial charge in [-0.2, -0.15) is 0 Å². The van der Waals surface area contributed by atoms with Crippen molar-refractivity contribution in [3.8, 4) is 0 Å². The molecule has 0 spiro atoms. The van der Waals surface area contributed by atoms with Crippen LogP contribution in [-0.4, -0.2) is 55.8 Å². The lowest BCUT2D eigenvalue weighted by atomic mass is 10.0. The summed E-state index contributed by atoms with van der Waals surface area (Å²) in [6.45, 7) is 2.55. The molecule has 0 unspecified atom stereocenters. The molecule has 0 aliphatic heterocycles. The third-order valence-corrected chi connectivity index (χ3v) is 7.25. The van der Waals surface area contributed by atoms with E-state index in [1.165, 1.54) is 9.47 Å². The predicted octanol–water partition coefficient (Wildman–Crippen LogP) is 5.76. The molecule has 9 heteroatoms. The molecule has 0 atom stereocenters. The molecule has 0 aliphatic carbocycles. The van der Waals surface area contributed by atoms with Gasteiger partial charge in [0.1, 0.15) is 11.3 Å². The Morgan fingerprint density at radius 1 is 0.857 bits per heavy atom. The second-order valence-corrected chi connectivity index (χ2v) is 10.2. The number of hydrogen-bond acceptors (Lipinski definition) is 5. The minimum atomic E-state index is -0.310. The van der Waals surface area contributed by atoms with Crippen LogP contribution in [0.4, 0.5) is 10.5 Å². The van der Waals surface area contributed by atoms with Gasteiger partial charge in [-0.1, -0.05) is 48.5 Å². The lowest BCUT2D eigenvalue weighted by Gasteiger charge is -2.12. The van der Waals surface area contributed by atoms with Gasteiger partial charge in [0.25, 0.3) is 5.91 Å². The van der Waals surface area contributed by atoms with Crippen LogP contribution < -0.4 is 5.32 Å². The summed E-state index contributed by atoms with van der Waals surface area (Å²) in [6, 6.07) is 23.1. The van der Waals surface area contributed by atoms with Gasteiger partial charge in [-0.25, -0.2) is 9.78 Å². The molecular formula is C33H28N6O3. The first-order chi connectivity index (χ1) is 20.3. The molecule has 9 nitrogen and oxygen atoms in total. The zero-order valence-corrected chi connectivity index (χ0v) is 23.4. The fourth-order valence-electron chi connectivity index (χ4n) is 5.12. The highest BCUT2D eigenvalue weighted by Gasteiger charge is 2.23. The molecule has 3 aromatic heterocycles. The Balaban J connectivity index is 1.37. The Morgan fingerprint density at radius 2 is 1.62 bits per heavy atom.